The fraction of sp³-hybridized carbons (Fsp3) is 0.400. The second kappa shape index (κ2) is 9.09. The SMILES string of the molecule is Cc1cc(OCC(=O)NC2CCN(C(=O)c3ccc(=O)[nH]n3)CC2)cc(C)c1Cl. The molecule has 1 aliphatic rings. The van der Waals surface area contributed by atoms with Gasteiger partial charge in [0.15, 0.2) is 6.61 Å². The van der Waals surface area contributed by atoms with Gasteiger partial charge in [-0.3, -0.25) is 14.4 Å². The average molecular weight is 419 g/mol. The van der Waals surface area contributed by atoms with Crippen LogP contribution in [-0.2, 0) is 4.79 Å². The quantitative estimate of drug-likeness (QED) is 0.770. The van der Waals surface area contributed by atoms with Crippen LogP contribution in [0.25, 0.3) is 0 Å². The Morgan fingerprint density at radius 1 is 1.24 bits per heavy atom. The van der Waals surface area contributed by atoms with Gasteiger partial charge in [0.1, 0.15) is 11.4 Å². The van der Waals surface area contributed by atoms with Crippen molar-refractivity contribution in [2.24, 2.45) is 0 Å². The van der Waals surface area contributed by atoms with Crippen LogP contribution in [0.3, 0.4) is 0 Å². The maximum atomic E-state index is 12.4. The van der Waals surface area contributed by atoms with Crippen molar-refractivity contribution in [2.75, 3.05) is 19.7 Å². The van der Waals surface area contributed by atoms with Crippen LogP contribution < -0.4 is 15.6 Å². The highest BCUT2D eigenvalue weighted by molar-refractivity contribution is 6.32. The largest absolute Gasteiger partial charge is 0.484 e. The zero-order valence-corrected chi connectivity index (χ0v) is 17.1. The molecule has 2 aromatic rings. The van der Waals surface area contributed by atoms with E-state index in [-0.39, 0.29) is 35.7 Å². The number of rotatable bonds is 5. The van der Waals surface area contributed by atoms with Crippen molar-refractivity contribution in [2.45, 2.75) is 32.7 Å². The molecule has 9 heteroatoms. The molecule has 1 aromatic heterocycles. The highest BCUT2D eigenvalue weighted by Crippen LogP contribution is 2.25. The molecule has 0 aliphatic carbocycles. The van der Waals surface area contributed by atoms with Crippen molar-refractivity contribution in [3.63, 3.8) is 0 Å². The highest BCUT2D eigenvalue weighted by Gasteiger charge is 2.25. The number of H-pyrrole nitrogens is 1. The Balaban J connectivity index is 1.45. The number of halogens is 1. The molecule has 1 aromatic carbocycles. The van der Waals surface area contributed by atoms with Crippen LogP contribution in [0.1, 0.15) is 34.5 Å². The number of aromatic amines is 1. The van der Waals surface area contributed by atoms with Crippen LogP contribution in [0.4, 0.5) is 0 Å². The molecule has 0 atom stereocenters. The molecule has 1 aliphatic heterocycles. The van der Waals surface area contributed by atoms with Crippen LogP contribution >= 0.6 is 11.6 Å². The predicted molar refractivity (Wildman–Crippen MR) is 108 cm³/mol. The van der Waals surface area contributed by atoms with E-state index in [4.69, 9.17) is 16.3 Å². The number of nitrogens with one attached hydrogen (secondary N) is 2. The molecule has 8 nitrogen and oxygen atoms in total. The molecule has 0 radical (unpaired) electrons. The van der Waals surface area contributed by atoms with E-state index in [2.05, 4.69) is 15.5 Å². The van der Waals surface area contributed by atoms with E-state index in [1.54, 1.807) is 17.0 Å². The molecule has 2 heterocycles. The van der Waals surface area contributed by atoms with Gasteiger partial charge in [0.25, 0.3) is 17.4 Å². The number of hydrogen-bond acceptors (Lipinski definition) is 5. The molecule has 1 saturated heterocycles. The topological polar surface area (TPSA) is 104 Å². The average Bonchev–Trinajstić information content (AvgIpc) is 2.71. The Morgan fingerprint density at radius 2 is 1.90 bits per heavy atom. The molecule has 0 bridgehead atoms. The lowest BCUT2D eigenvalue weighted by molar-refractivity contribution is -0.124. The number of amides is 2. The van der Waals surface area contributed by atoms with Gasteiger partial charge in [-0.1, -0.05) is 11.6 Å². The first-order valence-corrected chi connectivity index (χ1v) is 9.75. The minimum atomic E-state index is -0.353. The van der Waals surface area contributed by atoms with Gasteiger partial charge in [0.2, 0.25) is 0 Å². The summed E-state index contributed by atoms with van der Waals surface area (Å²) in [6.45, 7) is 4.70. The third-order valence-electron chi connectivity index (χ3n) is 4.83. The summed E-state index contributed by atoms with van der Waals surface area (Å²) in [4.78, 5) is 37.3. The van der Waals surface area contributed by atoms with E-state index in [0.717, 1.165) is 11.1 Å². The Morgan fingerprint density at radius 3 is 2.48 bits per heavy atom. The van der Waals surface area contributed by atoms with Crippen molar-refractivity contribution < 1.29 is 14.3 Å². The van der Waals surface area contributed by atoms with Crippen molar-refractivity contribution in [1.29, 1.82) is 0 Å². The third kappa shape index (κ3) is 5.35. The molecular formula is C20H23ClN4O4. The molecule has 0 saturated carbocycles. The molecular weight excluding hydrogens is 396 g/mol. The first-order valence-electron chi connectivity index (χ1n) is 9.37. The van der Waals surface area contributed by atoms with Crippen molar-refractivity contribution >= 4 is 23.4 Å². The normalized spacial score (nSPS) is 14.5. The standard InChI is InChI=1S/C20H23ClN4O4/c1-12-9-15(10-13(2)19(12)21)29-11-18(27)22-14-5-7-25(8-6-14)20(28)16-3-4-17(26)24-23-16/h3-4,9-10,14H,5-8,11H2,1-2H3,(H,22,27)(H,24,26). The number of nitrogens with zero attached hydrogens (tertiary/aromatic N) is 2. The van der Waals surface area contributed by atoms with Gasteiger partial charge in [-0.15, -0.1) is 0 Å². The van der Waals surface area contributed by atoms with Crippen molar-refractivity contribution in [3.8, 4) is 5.75 Å². The highest BCUT2D eigenvalue weighted by atomic mass is 35.5. The van der Waals surface area contributed by atoms with Gasteiger partial charge in [-0.25, -0.2) is 5.10 Å². The van der Waals surface area contributed by atoms with E-state index < -0.39 is 0 Å². The maximum Gasteiger partial charge on any atom is 0.274 e. The first-order chi connectivity index (χ1) is 13.8. The van der Waals surface area contributed by atoms with Gasteiger partial charge in [-0.05, 0) is 56.0 Å². The van der Waals surface area contributed by atoms with E-state index in [0.29, 0.717) is 36.7 Å². The molecule has 0 spiro atoms. The summed E-state index contributed by atoms with van der Waals surface area (Å²) < 4.78 is 5.58. The molecule has 2 amide bonds. The zero-order chi connectivity index (χ0) is 21.0. The minimum Gasteiger partial charge on any atom is -0.484 e. The van der Waals surface area contributed by atoms with Gasteiger partial charge in [-0.2, -0.15) is 5.10 Å². The summed E-state index contributed by atoms with van der Waals surface area (Å²) >= 11 is 6.14. The number of carbonyl (C=O) groups excluding carboxylic acids is 2. The first kappa shape index (κ1) is 20.9. The fourth-order valence-corrected chi connectivity index (χ4v) is 3.37. The molecule has 0 unspecified atom stereocenters. The lowest BCUT2D eigenvalue weighted by atomic mass is 10.0. The molecule has 2 N–H and O–H groups in total. The monoisotopic (exact) mass is 418 g/mol. The molecule has 29 heavy (non-hydrogen) atoms. The maximum absolute atomic E-state index is 12.4. The van der Waals surface area contributed by atoms with Crippen molar-refractivity contribution in [1.82, 2.24) is 20.4 Å². The van der Waals surface area contributed by atoms with E-state index in [1.807, 2.05) is 13.8 Å². The predicted octanol–water partition coefficient (Wildman–Crippen LogP) is 1.84. The number of piperidine rings is 1. The smallest absolute Gasteiger partial charge is 0.274 e. The number of likely N-dealkylation sites (tertiary alicyclic amines) is 1. The number of aryl methyl sites for hydroxylation is 2. The summed E-state index contributed by atoms with van der Waals surface area (Å²) in [6, 6.07) is 6.27. The van der Waals surface area contributed by atoms with Crippen LogP contribution in [0.5, 0.6) is 5.75 Å². The minimum absolute atomic E-state index is 0.0209. The summed E-state index contributed by atoms with van der Waals surface area (Å²) in [5, 5.41) is 9.67. The molecule has 154 valence electrons. The zero-order valence-electron chi connectivity index (χ0n) is 16.3. The van der Waals surface area contributed by atoms with Crippen LogP contribution in [-0.4, -0.2) is 52.6 Å². The number of ether oxygens (including phenoxy) is 1. The third-order valence-corrected chi connectivity index (χ3v) is 5.42. The number of hydrogen-bond donors (Lipinski definition) is 2. The fourth-order valence-electron chi connectivity index (χ4n) is 3.26. The van der Waals surface area contributed by atoms with Gasteiger partial charge in [0.05, 0.1) is 0 Å². The van der Waals surface area contributed by atoms with Crippen molar-refractivity contribution in [3.05, 3.63) is 56.5 Å². The Labute approximate surface area is 173 Å². The van der Waals surface area contributed by atoms with E-state index >= 15 is 0 Å². The molecule has 1 fully saturated rings. The van der Waals surface area contributed by atoms with Crippen LogP contribution in [0.2, 0.25) is 5.02 Å². The van der Waals surface area contributed by atoms with Crippen LogP contribution in [0, 0.1) is 13.8 Å². The lowest BCUT2D eigenvalue weighted by Crippen LogP contribution is -2.47. The summed E-state index contributed by atoms with van der Waals surface area (Å²) in [7, 11) is 0. The van der Waals surface area contributed by atoms with E-state index in [9.17, 15) is 14.4 Å². The Bertz CT molecular complexity index is 924. The number of benzene rings is 1. The van der Waals surface area contributed by atoms with E-state index in [1.165, 1.54) is 12.1 Å². The van der Waals surface area contributed by atoms with Gasteiger partial charge < -0.3 is 15.0 Å². The number of aromatic nitrogens is 2. The molecule has 3 rings (SSSR count). The lowest BCUT2D eigenvalue weighted by Gasteiger charge is -2.32. The summed E-state index contributed by atoms with van der Waals surface area (Å²) in [5.41, 5.74) is 1.65. The Hall–Kier alpha value is -2.87. The second-order valence-corrected chi connectivity index (χ2v) is 7.48. The second-order valence-electron chi connectivity index (χ2n) is 7.10. The van der Waals surface area contributed by atoms with Gasteiger partial charge >= 0.3 is 0 Å². The summed E-state index contributed by atoms with van der Waals surface area (Å²) in [6.07, 6.45) is 1.28. The van der Waals surface area contributed by atoms with Gasteiger partial charge in [0, 0.05) is 30.2 Å². The Kier molecular flexibility index (Phi) is 6.53. The summed E-state index contributed by atoms with van der Waals surface area (Å²) in [5.74, 6) is 0.165. The van der Waals surface area contributed by atoms with Crippen LogP contribution in [0.15, 0.2) is 29.1 Å². The number of carbonyl (C=O) groups is 2.